The van der Waals surface area contributed by atoms with E-state index in [-0.39, 0.29) is 24.4 Å². The maximum absolute atomic E-state index is 12.6. The van der Waals surface area contributed by atoms with Gasteiger partial charge in [0, 0.05) is 23.1 Å². The van der Waals surface area contributed by atoms with Crippen molar-refractivity contribution in [2.24, 2.45) is 0 Å². The third-order valence-corrected chi connectivity index (χ3v) is 5.80. The summed E-state index contributed by atoms with van der Waals surface area (Å²) >= 11 is 3.20. The fourth-order valence-electron chi connectivity index (χ4n) is 2.12. The first-order valence-electron chi connectivity index (χ1n) is 6.15. The van der Waals surface area contributed by atoms with Gasteiger partial charge in [0.05, 0.1) is 4.90 Å². The van der Waals surface area contributed by atoms with Crippen molar-refractivity contribution in [3.8, 4) is 0 Å². The van der Waals surface area contributed by atoms with Crippen LogP contribution < -0.4 is 0 Å². The quantitative estimate of drug-likeness (QED) is 0.731. The van der Waals surface area contributed by atoms with E-state index in [2.05, 4.69) is 15.9 Å². The van der Waals surface area contributed by atoms with Gasteiger partial charge in [0.1, 0.15) is 0 Å². The Morgan fingerprint density at radius 1 is 1.29 bits per heavy atom. The summed E-state index contributed by atoms with van der Waals surface area (Å²) in [6.07, 6.45) is -3.77. The molecule has 0 fully saturated rings. The summed E-state index contributed by atoms with van der Waals surface area (Å²) in [5.74, 6) is 0. The smallest absolute Gasteiger partial charge is 0.207 e. The van der Waals surface area contributed by atoms with Crippen LogP contribution in [0.5, 0.6) is 0 Å². The van der Waals surface area contributed by atoms with Gasteiger partial charge in [0.25, 0.3) is 0 Å². The van der Waals surface area contributed by atoms with E-state index in [1.807, 2.05) is 0 Å². The molecule has 0 aliphatic carbocycles. The van der Waals surface area contributed by atoms with Crippen LogP contribution >= 0.6 is 15.9 Å². The Balaban J connectivity index is 2.31. The van der Waals surface area contributed by atoms with Crippen LogP contribution in [0.2, 0.25) is 0 Å². The number of benzene rings is 1. The maximum Gasteiger partial charge on any atom is 0.412 e. The summed E-state index contributed by atoms with van der Waals surface area (Å²) in [5.41, 5.74) is -0.108. The molecule has 0 bridgehead atoms. The fraction of sp³-hybridized carbons (Fsp3) is 0.385. The topological polar surface area (TPSA) is 37.4 Å². The molecular formula is C13H13BrF3NO2S. The lowest BCUT2D eigenvalue weighted by Crippen LogP contribution is -2.37. The zero-order chi connectivity index (χ0) is 15.8. The summed E-state index contributed by atoms with van der Waals surface area (Å²) in [7, 11) is -3.79. The second kappa shape index (κ2) is 5.73. The summed E-state index contributed by atoms with van der Waals surface area (Å²) < 4.78 is 64.4. The Hall–Kier alpha value is -0.860. The van der Waals surface area contributed by atoms with Gasteiger partial charge in [0.15, 0.2) is 0 Å². The van der Waals surface area contributed by atoms with Gasteiger partial charge in [0.2, 0.25) is 10.0 Å². The van der Waals surface area contributed by atoms with Crippen molar-refractivity contribution in [1.29, 1.82) is 0 Å². The summed E-state index contributed by atoms with van der Waals surface area (Å²) in [6, 6.07) is 4.83. The molecule has 1 aromatic carbocycles. The predicted octanol–water partition coefficient (Wildman–Crippen LogP) is 3.64. The number of halogens is 4. The molecule has 0 amide bonds. The van der Waals surface area contributed by atoms with Crippen LogP contribution in [0, 0.1) is 6.92 Å². The Morgan fingerprint density at radius 2 is 1.95 bits per heavy atom. The van der Waals surface area contributed by atoms with Crippen molar-refractivity contribution >= 4 is 26.0 Å². The first kappa shape index (κ1) is 16.5. The molecule has 1 aliphatic rings. The average Bonchev–Trinajstić information content (AvgIpc) is 2.40. The van der Waals surface area contributed by atoms with E-state index in [1.54, 1.807) is 19.1 Å². The fourth-order valence-corrected chi connectivity index (χ4v) is 4.26. The van der Waals surface area contributed by atoms with E-state index in [4.69, 9.17) is 0 Å². The first-order chi connectivity index (χ1) is 9.62. The molecule has 0 saturated carbocycles. The van der Waals surface area contributed by atoms with E-state index in [0.29, 0.717) is 10.0 Å². The Morgan fingerprint density at radius 3 is 2.48 bits per heavy atom. The van der Waals surface area contributed by atoms with Crippen molar-refractivity contribution in [2.45, 2.75) is 24.4 Å². The molecule has 1 aliphatic heterocycles. The lowest BCUT2D eigenvalue weighted by molar-refractivity contribution is -0.0953. The lowest BCUT2D eigenvalue weighted by atomic mass is 10.1. The lowest BCUT2D eigenvalue weighted by Gasteiger charge is -2.27. The van der Waals surface area contributed by atoms with Crippen LogP contribution in [0.15, 0.2) is 39.2 Å². The van der Waals surface area contributed by atoms with Crippen LogP contribution in [-0.4, -0.2) is 32.0 Å². The molecule has 0 unspecified atom stereocenters. The van der Waals surface area contributed by atoms with Gasteiger partial charge in [-0.25, -0.2) is 8.42 Å². The van der Waals surface area contributed by atoms with E-state index in [0.717, 1.165) is 10.4 Å². The minimum Gasteiger partial charge on any atom is -0.207 e. The molecule has 21 heavy (non-hydrogen) atoms. The molecule has 1 heterocycles. The zero-order valence-corrected chi connectivity index (χ0v) is 13.5. The summed E-state index contributed by atoms with van der Waals surface area (Å²) in [5, 5.41) is 0. The number of hydrogen-bond donors (Lipinski definition) is 0. The van der Waals surface area contributed by atoms with Crippen molar-refractivity contribution in [3.05, 3.63) is 39.9 Å². The molecule has 1 aromatic rings. The van der Waals surface area contributed by atoms with E-state index < -0.39 is 21.8 Å². The second-order valence-electron chi connectivity index (χ2n) is 4.75. The van der Waals surface area contributed by atoms with Gasteiger partial charge in [-0.3, -0.25) is 0 Å². The normalized spacial score (nSPS) is 17.7. The number of alkyl halides is 3. The van der Waals surface area contributed by atoms with Gasteiger partial charge < -0.3 is 0 Å². The second-order valence-corrected chi connectivity index (χ2v) is 7.57. The highest BCUT2D eigenvalue weighted by Crippen LogP contribution is 2.32. The van der Waals surface area contributed by atoms with Crippen molar-refractivity contribution in [1.82, 2.24) is 4.31 Å². The molecule has 0 atom stereocenters. The van der Waals surface area contributed by atoms with Crippen LogP contribution in [0.4, 0.5) is 13.2 Å². The monoisotopic (exact) mass is 383 g/mol. The molecular weight excluding hydrogens is 371 g/mol. The number of aryl methyl sites for hydroxylation is 1. The number of rotatable bonds is 2. The summed E-state index contributed by atoms with van der Waals surface area (Å²) in [6.45, 7) is 1.23. The molecule has 0 radical (unpaired) electrons. The van der Waals surface area contributed by atoms with Gasteiger partial charge in [-0.1, -0.05) is 28.1 Å². The molecule has 0 spiro atoms. The van der Waals surface area contributed by atoms with Gasteiger partial charge >= 0.3 is 6.18 Å². The molecule has 0 N–H and O–H groups in total. The molecule has 8 heteroatoms. The highest BCUT2D eigenvalue weighted by molar-refractivity contribution is 9.10. The van der Waals surface area contributed by atoms with Crippen LogP contribution in [-0.2, 0) is 10.0 Å². The molecule has 3 nitrogen and oxygen atoms in total. The number of nitrogens with zero attached hydrogens (tertiary/aromatic N) is 1. The van der Waals surface area contributed by atoms with Crippen molar-refractivity contribution < 1.29 is 21.6 Å². The highest BCUT2D eigenvalue weighted by Gasteiger charge is 2.37. The average molecular weight is 384 g/mol. The van der Waals surface area contributed by atoms with Crippen LogP contribution in [0.1, 0.15) is 12.0 Å². The summed E-state index contributed by atoms with van der Waals surface area (Å²) in [4.78, 5) is 0.112. The molecule has 0 aromatic heterocycles. The Bertz CT molecular complexity index is 683. The van der Waals surface area contributed by atoms with Crippen molar-refractivity contribution in [2.75, 3.05) is 13.1 Å². The first-order valence-corrected chi connectivity index (χ1v) is 8.38. The van der Waals surface area contributed by atoms with E-state index in [9.17, 15) is 21.6 Å². The van der Waals surface area contributed by atoms with E-state index in [1.165, 1.54) is 6.07 Å². The zero-order valence-electron chi connectivity index (χ0n) is 11.1. The van der Waals surface area contributed by atoms with Gasteiger partial charge in [-0.15, -0.1) is 0 Å². The number of sulfonamides is 1. The van der Waals surface area contributed by atoms with Crippen LogP contribution in [0.3, 0.4) is 0 Å². The predicted molar refractivity (Wildman–Crippen MR) is 76.4 cm³/mol. The van der Waals surface area contributed by atoms with Crippen molar-refractivity contribution in [3.63, 3.8) is 0 Å². The third kappa shape index (κ3) is 3.49. The maximum atomic E-state index is 12.6. The Labute approximate surface area is 129 Å². The van der Waals surface area contributed by atoms with Gasteiger partial charge in [-0.05, 0) is 31.0 Å². The minimum absolute atomic E-state index is 0.112. The standard InChI is InChI=1S/C13H13BrF3NO2S/c1-9-2-3-11(14)8-12(9)21(19,20)18-6-4-10(5-7-18)13(15,16)17/h2-4,8H,5-7H2,1H3. The molecule has 116 valence electrons. The van der Waals surface area contributed by atoms with Crippen LogP contribution in [0.25, 0.3) is 0 Å². The number of hydrogen-bond acceptors (Lipinski definition) is 2. The highest BCUT2D eigenvalue weighted by atomic mass is 79.9. The molecule has 0 saturated heterocycles. The largest absolute Gasteiger partial charge is 0.412 e. The molecule has 2 rings (SSSR count). The van der Waals surface area contributed by atoms with Gasteiger partial charge in [-0.2, -0.15) is 17.5 Å². The Kier molecular flexibility index (Phi) is 4.51. The minimum atomic E-state index is -4.39. The van der Waals surface area contributed by atoms with E-state index >= 15 is 0 Å². The SMILES string of the molecule is Cc1ccc(Br)cc1S(=O)(=O)N1CC=C(C(F)(F)F)CC1. The third-order valence-electron chi connectivity index (χ3n) is 3.30.